The molecule has 5 heteroatoms. The van der Waals surface area contributed by atoms with Gasteiger partial charge in [0.2, 0.25) is 5.82 Å². The molecule has 90 valence electrons. The molecule has 0 aliphatic rings. The maximum atomic E-state index is 9.67. The third-order valence-electron chi connectivity index (χ3n) is 2.55. The molecule has 0 radical (unpaired) electrons. The van der Waals surface area contributed by atoms with Crippen LogP contribution in [0.5, 0.6) is 5.75 Å². The zero-order valence-electron chi connectivity index (χ0n) is 9.93. The van der Waals surface area contributed by atoms with E-state index in [1.54, 1.807) is 19.1 Å². The van der Waals surface area contributed by atoms with Crippen LogP contribution in [0.15, 0.2) is 16.7 Å². The van der Waals surface area contributed by atoms with Gasteiger partial charge in [-0.05, 0) is 44.0 Å². The molecule has 0 aliphatic heterocycles. The smallest absolute Gasteiger partial charge is 0.255 e. The Morgan fingerprint density at radius 3 is 2.29 bits per heavy atom. The number of aryl methyl sites for hydroxylation is 2. The molecular weight excluding hydrogens is 220 g/mol. The first-order chi connectivity index (χ1) is 7.99. The van der Waals surface area contributed by atoms with Crippen LogP contribution in [0, 0.1) is 13.8 Å². The van der Waals surface area contributed by atoms with Crippen molar-refractivity contribution in [2.24, 2.45) is 0 Å². The number of phenolic OH excluding ortho intramolecular Hbond substituents is 1. The summed E-state index contributed by atoms with van der Waals surface area (Å²) >= 11 is 0. The third-order valence-corrected chi connectivity index (χ3v) is 2.55. The Morgan fingerprint density at radius 2 is 1.82 bits per heavy atom. The molecule has 0 bridgehead atoms. The van der Waals surface area contributed by atoms with E-state index in [0.717, 1.165) is 16.7 Å². The van der Waals surface area contributed by atoms with Gasteiger partial charge < -0.3 is 14.7 Å². The van der Waals surface area contributed by atoms with Crippen molar-refractivity contribution in [1.82, 2.24) is 10.1 Å². The molecule has 1 atom stereocenters. The highest BCUT2D eigenvalue weighted by Gasteiger charge is 2.14. The van der Waals surface area contributed by atoms with Gasteiger partial charge in [0, 0.05) is 5.56 Å². The maximum absolute atomic E-state index is 9.67. The molecule has 0 amide bonds. The topological polar surface area (TPSA) is 79.4 Å². The first-order valence-corrected chi connectivity index (χ1v) is 5.31. The molecular formula is C12H14N2O3. The fraction of sp³-hybridized carbons (Fsp3) is 0.333. The van der Waals surface area contributed by atoms with Gasteiger partial charge in [-0.15, -0.1) is 0 Å². The molecule has 5 nitrogen and oxygen atoms in total. The van der Waals surface area contributed by atoms with Crippen LogP contribution in [-0.4, -0.2) is 20.4 Å². The lowest BCUT2D eigenvalue weighted by Gasteiger charge is -2.04. The van der Waals surface area contributed by atoms with Gasteiger partial charge in [0.25, 0.3) is 5.89 Å². The zero-order valence-corrected chi connectivity index (χ0v) is 9.93. The second-order valence-corrected chi connectivity index (χ2v) is 4.09. The SMILES string of the molecule is Cc1cc(-c2noc([C@@H](C)O)n2)cc(C)c1O. The van der Waals surface area contributed by atoms with Crippen LogP contribution in [0.1, 0.15) is 30.0 Å². The number of aromatic nitrogens is 2. The summed E-state index contributed by atoms with van der Waals surface area (Å²) in [5, 5.41) is 22.8. The van der Waals surface area contributed by atoms with Crippen LogP contribution in [0.25, 0.3) is 11.4 Å². The molecule has 0 saturated carbocycles. The molecule has 17 heavy (non-hydrogen) atoms. The molecule has 1 aromatic heterocycles. The lowest BCUT2D eigenvalue weighted by molar-refractivity contribution is 0.152. The van der Waals surface area contributed by atoms with E-state index >= 15 is 0 Å². The van der Waals surface area contributed by atoms with Crippen LogP contribution in [0.2, 0.25) is 0 Å². The molecule has 2 N–H and O–H groups in total. The highest BCUT2D eigenvalue weighted by atomic mass is 16.5. The van der Waals surface area contributed by atoms with Crippen molar-refractivity contribution in [2.75, 3.05) is 0 Å². The fourth-order valence-electron chi connectivity index (χ4n) is 1.61. The van der Waals surface area contributed by atoms with Gasteiger partial charge in [-0.25, -0.2) is 0 Å². The Balaban J connectivity index is 2.46. The largest absolute Gasteiger partial charge is 0.507 e. The van der Waals surface area contributed by atoms with Gasteiger partial charge in [-0.2, -0.15) is 4.98 Å². The summed E-state index contributed by atoms with van der Waals surface area (Å²) in [5.74, 6) is 0.864. The predicted octanol–water partition coefficient (Wildman–Crippen LogP) is 2.11. The number of nitrogens with zero attached hydrogens (tertiary/aromatic N) is 2. The van der Waals surface area contributed by atoms with Crippen molar-refractivity contribution in [3.05, 3.63) is 29.2 Å². The monoisotopic (exact) mass is 234 g/mol. The molecule has 1 aromatic carbocycles. The highest BCUT2D eigenvalue weighted by Crippen LogP contribution is 2.28. The van der Waals surface area contributed by atoms with Crippen LogP contribution < -0.4 is 0 Å². The number of aliphatic hydroxyl groups is 1. The third kappa shape index (κ3) is 2.14. The van der Waals surface area contributed by atoms with Crippen molar-refractivity contribution < 1.29 is 14.7 Å². The van der Waals surface area contributed by atoms with Gasteiger partial charge in [0.05, 0.1) is 0 Å². The second kappa shape index (κ2) is 4.18. The van der Waals surface area contributed by atoms with Crippen LogP contribution in [0.4, 0.5) is 0 Å². The number of rotatable bonds is 2. The van der Waals surface area contributed by atoms with E-state index < -0.39 is 6.10 Å². The van der Waals surface area contributed by atoms with Gasteiger partial charge in [-0.1, -0.05) is 5.16 Å². The number of benzene rings is 1. The van der Waals surface area contributed by atoms with Gasteiger partial charge in [0.15, 0.2) is 0 Å². The highest BCUT2D eigenvalue weighted by molar-refractivity contribution is 5.60. The summed E-state index contributed by atoms with van der Waals surface area (Å²) in [6.45, 7) is 5.17. The minimum absolute atomic E-state index is 0.184. The molecule has 0 aliphatic carbocycles. The standard InChI is InChI=1S/C12H14N2O3/c1-6-4-9(5-7(2)10(6)16)11-13-12(8(3)15)17-14-11/h4-5,8,15-16H,1-3H3/t8-/m1/s1. The summed E-state index contributed by atoms with van der Waals surface area (Å²) in [6, 6.07) is 3.55. The van der Waals surface area contributed by atoms with Crippen molar-refractivity contribution in [3.63, 3.8) is 0 Å². The van der Waals surface area contributed by atoms with Crippen molar-refractivity contribution in [3.8, 4) is 17.1 Å². The second-order valence-electron chi connectivity index (χ2n) is 4.09. The molecule has 2 aromatic rings. The molecule has 0 fully saturated rings. The number of phenols is 1. The van der Waals surface area contributed by atoms with E-state index in [1.165, 1.54) is 0 Å². The summed E-state index contributed by atoms with van der Waals surface area (Å²) < 4.78 is 4.92. The Bertz CT molecular complexity index is 523. The first-order valence-electron chi connectivity index (χ1n) is 5.31. The van der Waals surface area contributed by atoms with Crippen molar-refractivity contribution in [1.29, 1.82) is 0 Å². The fourth-order valence-corrected chi connectivity index (χ4v) is 1.61. The normalized spacial score (nSPS) is 12.7. The Morgan fingerprint density at radius 1 is 1.24 bits per heavy atom. The van der Waals surface area contributed by atoms with E-state index in [9.17, 15) is 10.2 Å². The van der Waals surface area contributed by atoms with Gasteiger partial charge in [-0.3, -0.25) is 0 Å². The van der Waals surface area contributed by atoms with E-state index in [-0.39, 0.29) is 11.6 Å². The van der Waals surface area contributed by atoms with E-state index in [4.69, 9.17) is 4.52 Å². The lowest BCUT2D eigenvalue weighted by atomic mass is 10.1. The minimum atomic E-state index is -0.782. The van der Waals surface area contributed by atoms with Crippen molar-refractivity contribution in [2.45, 2.75) is 26.9 Å². The van der Waals surface area contributed by atoms with E-state index in [1.807, 2.05) is 13.8 Å². The Hall–Kier alpha value is -1.88. The van der Waals surface area contributed by atoms with Crippen LogP contribution >= 0.6 is 0 Å². The van der Waals surface area contributed by atoms with Crippen LogP contribution in [0.3, 0.4) is 0 Å². The Kier molecular flexibility index (Phi) is 2.85. The summed E-state index contributed by atoms with van der Waals surface area (Å²) in [7, 11) is 0. The van der Waals surface area contributed by atoms with Crippen molar-refractivity contribution >= 4 is 0 Å². The molecule has 0 unspecified atom stereocenters. The molecule has 0 saturated heterocycles. The average molecular weight is 234 g/mol. The summed E-state index contributed by atoms with van der Waals surface area (Å²) in [6.07, 6.45) is -0.782. The summed E-state index contributed by atoms with van der Waals surface area (Å²) in [5.41, 5.74) is 2.26. The summed E-state index contributed by atoms with van der Waals surface area (Å²) in [4.78, 5) is 4.08. The zero-order chi connectivity index (χ0) is 12.6. The number of aliphatic hydroxyl groups excluding tert-OH is 1. The minimum Gasteiger partial charge on any atom is -0.507 e. The van der Waals surface area contributed by atoms with Gasteiger partial charge >= 0.3 is 0 Å². The predicted molar refractivity (Wildman–Crippen MR) is 61.5 cm³/mol. The van der Waals surface area contributed by atoms with Gasteiger partial charge in [0.1, 0.15) is 11.9 Å². The number of hydrogen-bond donors (Lipinski definition) is 2. The van der Waals surface area contributed by atoms with E-state index in [2.05, 4.69) is 10.1 Å². The average Bonchev–Trinajstić information content (AvgIpc) is 2.74. The number of aromatic hydroxyl groups is 1. The maximum Gasteiger partial charge on any atom is 0.255 e. The quantitative estimate of drug-likeness (QED) is 0.831. The Labute approximate surface area is 98.7 Å². The van der Waals surface area contributed by atoms with E-state index in [0.29, 0.717) is 5.82 Å². The van der Waals surface area contributed by atoms with Crippen LogP contribution in [-0.2, 0) is 0 Å². The first kappa shape index (κ1) is 11.6. The number of hydrogen-bond acceptors (Lipinski definition) is 5. The molecule has 0 spiro atoms. The molecule has 1 heterocycles. The lowest BCUT2D eigenvalue weighted by Crippen LogP contribution is -1.91. The molecule has 2 rings (SSSR count).